The average molecular weight is 562 g/mol. The lowest BCUT2D eigenvalue weighted by atomic mass is 10.1. The second kappa shape index (κ2) is 10.6. The summed E-state index contributed by atoms with van der Waals surface area (Å²) in [6.07, 6.45) is 3.97. The quantitative estimate of drug-likeness (QED) is 0.420. The number of hydrogen-bond acceptors (Lipinski definition) is 7. The molecule has 3 aliphatic rings. The van der Waals surface area contributed by atoms with Crippen molar-refractivity contribution in [2.24, 2.45) is 5.16 Å². The number of halogens is 1. The lowest BCUT2D eigenvalue weighted by Gasteiger charge is -2.36. The van der Waals surface area contributed by atoms with Gasteiger partial charge in [-0.15, -0.1) is 0 Å². The predicted molar refractivity (Wildman–Crippen MR) is 154 cm³/mol. The number of benzene rings is 2. The van der Waals surface area contributed by atoms with Crippen LogP contribution in [0.1, 0.15) is 46.8 Å². The number of fused-ring (bicyclic) bond motifs is 2. The molecule has 1 amide bonds. The molecule has 3 aromatic rings. The Morgan fingerprint density at radius 1 is 1.07 bits per heavy atom. The minimum absolute atomic E-state index is 0.101. The zero-order valence-electron chi connectivity index (χ0n) is 23.1. The smallest absolute Gasteiger partial charge is 0.341 e. The number of carbonyl (C=O) groups excluding carboxylic acids is 1. The molecule has 1 saturated carbocycles. The van der Waals surface area contributed by atoms with Crippen LogP contribution in [0.3, 0.4) is 0 Å². The Balaban J connectivity index is 1.12. The van der Waals surface area contributed by atoms with Crippen LogP contribution in [0.2, 0.25) is 0 Å². The van der Waals surface area contributed by atoms with Gasteiger partial charge in [0.1, 0.15) is 18.5 Å². The van der Waals surface area contributed by atoms with Crippen molar-refractivity contribution in [1.29, 1.82) is 0 Å². The number of aromatic nitrogens is 1. The van der Waals surface area contributed by atoms with Crippen molar-refractivity contribution >= 4 is 39.9 Å². The zero-order chi connectivity index (χ0) is 28.8. The van der Waals surface area contributed by atoms with Gasteiger partial charge in [-0.2, -0.15) is 0 Å². The summed E-state index contributed by atoms with van der Waals surface area (Å²) in [4.78, 5) is 48.4. The van der Waals surface area contributed by atoms with E-state index in [1.807, 2.05) is 34.6 Å². The number of aromatic carboxylic acids is 1. The van der Waals surface area contributed by atoms with E-state index in [4.69, 9.17) is 4.84 Å². The van der Waals surface area contributed by atoms with Crippen LogP contribution in [-0.2, 0) is 9.63 Å². The fourth-order valence-corrected chi connectivity index (χ4v) is 5.90. The van der Waals surface area contributed by atoms with Crippen LogP contribution < -0.4 is 15.2 Å². The molecule has 1 aliphatic carbocycles. The number of oxime groups is 1. The summed E-state index contributed by atoms with van der Waals surface area (Å²) in [6, 6.07) is 8.89. The maximum absolute atomic E-state index is 15.3. The molecule has 1 aromatic heterocycles. The van der Waals surface area contributed by atoms with Crippen LogP contribution >= 0.6 is 0 Å². The maximum Gasteiger partial charge on any atom is 0.341 e. The van der Waals surface area contributed by atoms with Gasteiger partial charge < -0.3 is 24.3 Å². The number of nitrogens with zero attached hydrogens (tertiary/aromatic N) is 5. The van der Waals surface area contributed by atoms with Crippen molar-refractivity contribution < 1.29 is 23.9 Å². The minimum atomic E-state index is -1.30. The highest BCUT2D eigenvalue weighted by Crippen LogP contribution is 2.38. The molecular formula is C30H32FN5O5. The molecule has 2 fully saturated rings. The number of carbonyl (C=O) groups is 2. The monoisotopic (exact) mass is 561 g/mol. The first-order valence-electron chi connectivity index (χ1n) is 13.9. The van der Waals surface area contributed by atoms with Crippen molar-refractivity contribution in [2.75, 3.05) is 56.2 Å². The lowest BCUT2D eigenvalue weighted by Crippen LogP contribution is -2.47. The van der Waals surface area contributed by atoms with Crippen LogP contribution in [0.15, 0.2) is 46.5 Å². The number of anilines is 2. The van der Waals surface area contributed by atoms with Gasteiger partial charge in [0.25, 0.3) is 5.91 Å². The zero-order valence-corrected chi connectivity index (χ0v) is 23.1. The highest BCUT2D eigenvalue weighted by Gasteiger charge is 2.34. The summed E-state index contributed by atoms with van der Waals surface area (Å²) in [6.45, 7) is 5.98. The number of pyridine rings is 1. The Bertz CT molecular complexity index is 1640. The van der Waals surface area contributed by atoms with Crippen molar-refractivity contribution in [3.05, 3.63) is 69.3 Å². The molecule has 2 aliphatic heterocycles. The molecule has 0 spiro atoms. The number of amides is 1. The molecule has 3 heterocycles. The van der Waals surface area contributed by atoms with E-state index < -0.39 is 17.2 Å². The molecule has 214 valence electrons. The van der Waals surface area contributed by atoms with Crippen molar-refractivity contribution in [3.8, 4) is 0 Å². The standard InChI is InChI=1S/C30H32FN5O5/c1-18-4-7-24-20(14-18)27(32-41-2)29(38)35(24)9-3-8-33-10-12-34(13-11-33)26-16-25-21(15-23(26)31)28(37)22(30(39)40)17-36(25)19-5-6-19/h4,7,14-17,19H,3,5-6,8-13H2,1-2H3,(H,39,40)/b32-27-. The molecule has 6 rings (SSSR count). The van der Waals surface area contributed by atoms with Crippen LogP contribution in [0.25, 0.3) is 10.9 Å². The van der Waals surface area contributed by atoms with E-state index >= 15 is 4.39 Å². The second-order valence-electron chi connectivity index (χ2n) is 10.9. The van der Waals surface area contributed by atoms with E-state index in [9.17, 15) is 19.5 Å². The molecule has 0 bridgehead atoms. The van der Waals surface area contributed by atoms with Gasteiger partial charge in [-0.25, -0.2) is 9.18 Å². The van der Waals surface area contributed by atoms with Crippen LogP contribution in [0, 0.1) is 12.7 Å². The van der Waals surface area contributed by atoms with Crippen LogP contribution in [0.4, 0.5) is 15.8 Å². The third-order valence-corrected chi connectivity index (χ3v) is 8.17. The largest absolute Gasteiger partial charge is 0.477 e. The average Bonchev–Trinajstić information content (AvgIpc) is 3.76. The Hall–Kier alpha value is -4.25. The molecule has 0 atom stereocenters. The molecule has 1 N–H and O–H groups in total. The van der Waals surface area contributed by atoms with Gasteiger partial charge in [0.05, 0.1) is 16.9 Å². The Morgan fingerprint density at radius 2 is 1.83 bits per heavy atom. The first-order chi connectivity index (χ1) is 19.8. The third kappa shape index (κ3) is 4.94. The fourth-order valence-electron chi connectivity index (χ4n) is 5.90. The third-order valence-electron chi connectivity index (χ3n) is 8.17. The second-order valence-corrected chi connectivity index (χ2v) is 10.9. The number of carboxylic acids is 1. The van der Waals surface area contributed by atoms with Gasteiger partial charge in [-0.3, -0.25) is 14.5 Å². The van der Waals surface area contributed by atoms with Crippen LogP contribution in [-0.4, -0.2) is 78.5 Å². The molecule has 1 saturated heterocycles. The number of piperazine rings is 1. The van der Waals surface area contributed by atoms with Crippen molar-refractivity contribution in [3.63, 3.8) is 0 Å². The Labute approximate surface area is 236 Å². The highest BCUT2D eigenvalue weighted by atomic mass is 19.1. The Kier molecular flexibility index (Phi) is 6.98. The number of carboxylic acid groups (broad SMARTS) is 1. The van der Waals surface area contributed by atoms with Crippen LogP contribution in [0.5, 0.6) is 0 Å². The first kappa shape index (κ1) is 26.9. The van der Waals surface area contributed by atoms with E-state index in [-0.39, 0.29) is 22.9 Å². The summed E-state index contributed by atoms with van der Waals surface area (Å²) in [5.41, 5.74) is 3.00. The normalized spacial score (nSPS) is 18.4. The molecule has 2 aromatic carbocycles. The summed E-state index contributed by atoms with van der Waals surface area (Å²) < 4.78 is 17.1. The predicted octanol–water partition coefficient (Wildman–Crippen LogP) is 3.39. The summed E-state index contributed by atoms with van der Waals surface area (Å²) in [7, 11) is 1.43. The topological polar surface area (TPSA) is 108 Å². The number of aryl methyl sites for hydroxylation is 1. The number of hydrogen-bond donors (Lipinski definition) is 1. The Morgan fingerprint density at radius 3 is 2.51 bits per heavy atom. The van der Waals surface area contributed by atoms with E-state index in [0.29, 0.717) is 36.6 Å². The first-order valence-corrected chi connectivity index (χ1v) is 13.9. The maximum atomic E-state index is 15.3. The van der Waals surface area contributed by atoms with Gasteiger partial charge in [0.15, 0.2) is 5.71 Å². The molecule has 0 radical (unpaired) electrons. The van der Waals surface area contributed by atoms with Gasteiger partial charge >= 0.3 is 5.97 Å². The highest BCUT2D eigenvalue weighted by molar-refractivity contribution is 6.54. The summed E-state index contributed by atoms with van der Waals surface area (Å²) in [5.74, 6) is -1.99. The lowest BCUT2D eigenvalue weighted by molar-refractivity contribution is -0.112. The molecule has 10 nitrogen and oxygen atoms in total. The summed E-state index contributed by atoms with van der Waals surface area (Å²) >= 11 is 0. The van der Waals surface area contributed by atoms with Gasteiger partial charge in [-0.1, -0.05) is 16.8 Å². The molecule has 11 heteroatoms. The summed E-state index contributed by atoms with van der Waals surface area (Å²) in [5, 5.41) is 13.5. The molecule has 41 heavy (non-hydrogen) atoms. The van der Waals surface area contributed by atoms with Gasteiger partial charge in [-0.05, 0) is 57.0 Å². The van der Waals surface area contributed by atoms with Crippen molar-refractivity contribution in [2.45, 2.75) is 32.2 Å². The van der Waals surface area contributed by atoms with Gasteiger partial charge in [0, 0.05) is 55.9 Å². The van der Waals surface area contributed by atoms with E-state index in [1.54, 1.807) is 11.0 Å². The number of rotatable bonds is 8. The molecular weight excluding hydrogens is 529 g/mol. The molecule has 0 unspecified atom stereocenters. The fraction of sp³-hybridized carbons (Fsp3) is 0.400. The minimum Gasteiger partial charge on any atom is -0.477 e. The van der Waals surface area contributed by atoms with Gasteiger partial charge in [0.2, 0.25) is 5.43 Å². The SMILES string of the molecule is CO/N=C1\C(=O)N(CCCN2CCN(c3cc4c(cc3F)c(=O)c(C(=O)O)cn4C3CC3)CC2)c2ccc(C)cc21. The van der Waals surface area contributed by atoms with E-state index in [0.717, 1.165) is 55.7 Å². The van der Waals surface area contributed by atoms with E-state index in [2.05, 4.69) is 10.1 Å². The van der Waals surface area contributed by atoms with E-state index in [1.165, 1.54) is 19.4 Å². The van der Waals surface area contributed by atoms with Crippen molar-refractivity contribution in [1.82, 2.24) is 9.47 Å².